The van der Waals surface area contributed by atoms with Crippen LogP contribution >= 0.6 is 0 Å². The van der Waals surface area contributed by atoms with Gasteiger partial charge in [-0.1, -0.05) is 42.5 Å². The Morgan fingerprint density at radius 2 is 1.64 bits per heavy atom. The molecule has 0 fully saturated rings. The Hall–Kier alpha value is -2.62. The van der Waals surface area contributed by atoms with Gasteiger partial charge in [0.1, 0.15) is 5.75 Å². The SMILES string of the molecule is O=C(O)CCCCN=C(c1ccccc1)c1ccccc1O. The van der Waals surface area contributed by atoms with Gasteiger partial charge in [-0.3, -0.25) is 9.79 Å². The predicted molar refractivity (Wildman–Crippen MR) is 86.5 cm³/mol. The van der Waals surface area contributed by atoms with Crippen molar-refractivity contribution in [3.05, 3.63) is 65.7 Å². The number of carboxylic acid groups (broad SMARTS) is 1. The fourth-order valence-electron chi connectivity index (χ4n) is 2.18. The molecule has 0 saturated carbocycles. The number of benzene rings is 2. The van der Waals surface area contributed by atoms with Gasteiger partial charge in [-0.2, -0.15) is 0 Å². The van der Waals surface area contributed by atoms with Gasteiger partial charge in [0.15, 0.2) is 0 Å². The van der Waals surface area contributed by atoms with Crippen LogP contribution in [-0.4, -0.2) is 28.4 Å². The smallest absolute Gasteiger partial charge is 0.303 e. The largest absolute Gasteiger partial charge is 0.507 e. The highest BCUT2D eigenvalue weighted by Gasteiger charge is 2.10. The molecule has 4 heteroatoms. The molecule has 0 aliphatic carbocycles. The number of aliphatic carboxylic acids is 1. The van der Waals surface area contributed by atoms with Crippen LogP contribution in [0, 0.1) is 0 Å². The number of phenolic OH excluding ortho intramolecular Hbond substituents is 1. The first-order valence-corrected chi connectivity index (χ1v) is 7.28. The van der Waals surface area contributed by atoms with Crippen LogP contribution in [-0.2, 0) is 4.79 Å². The van der Waals surface area contributed by atoms with Crippen molar-refractivity contribution >= 4 is 11.7 Å². The summed E-state index contributed by atoms with van der Waals surface area (Å²) in [7, 11) is 0. The topological polar surface area (TPSA) is 69.9 Å². The number of phenols is 1. The highest BCUT2D eigenvalue weighted by Crippen LogP contribution is 2.21. The number of para-hydroxylation sites is 1. The minimum atomic E-state index is -0.784. The van der Waals surface area contributed by atoms with Crippen LogP contribution in [0.3, 0.4) is 0 Å². The second-order valence-corrected chi connectivity index (χ2v) is 4.96. The summed E-state index contributed by atoms with van der Waals surface area (Å²) in [5.74, 6) is -0.594. The van der Waals surface area contributed by atoms with Crippen LogP contribution < -0.4 is 0 Å². The zero-order chi connectivity index (χ0) is 15.8. The summed E-state index contributed by atoms with van der Waals surface area (Å²) in [5.41, 5.74) is 2.35. The maximum Gasteiger partial charge on any atom is 0.303 e. The standard InChI is InChI=1S/C18H19NO3/c20-16-11-5-4-10-15(16)18(14-8-2-1-3-9-14)19-13-7-6-12-17(21)22/h1-5,8-11,20H,6-7,12-13H2,(H,21,22). The average molecular weight is 297 g/mol. The molecule has 0 aliphatic heterocycles. The Labute approximate surface area is 129 Å². The second kappa shape index (κ2) is 7.98. The Morgan fingerprint density at radius 1 is 0.955 bits per heavy atom. The molecule has 0 radical (unpaired) electrons. The number of nitrogens with zero attached hydrogens (tertiary/aromatic N) is 1. The highest BCUT2D eigenvalue weighted by atomic mass is 16.4. The lowest BCUT2D eigenvalue weighted by atomic mass is 10.0. The number of aliphatic imine (C=N–C) groups is 1. The average Bonchev–Trinajstić information content (AvgIpc) is 2.52. The maximum absolute atomic E-state index is 10.5. The fourth-order valence-corrected chi connectivity index (χ4v) is 2.18. The van der Waals surface area contributed by atoms with E-state index in [1.165, 1.54) is 0 Å². The van der Waals surface area contributed by atoms with E-state index in [1.807, 2.05) is 42.5 Å². The molecule has 114 valence electrons. The molecule has 0 atom stereocenters. The van der Waals surface area contributed by atoms with E-state index in [0.717, 1.165) is 11.3 Å². The van der Waals surface area contributed by atoms with Gasteiger partial charge in [0.05, 0.1) is 5.71 Å². The van der Waals surface area contributed by atoms with Crippen molar-refractivity contribution in [1.29, 1.82) is 0 Å². The first-order valence-electron chi connectivity index (χ1n) is 7.28. The number of hydrogen-bond donors (Lipinski definition) is 2. The van der Waals surface area contributed by atoms with Gasteiger partial charge in [0.2, 0.25) is 0 Å². The Morgan fingerprint density at radius 3 is 2.32 bits per heavy atom. The third-order valence-corrected chi connectivity index (χ3v) is 3.28. The fraction of sp³-hybridized carbons (Fsp3) is 0.222. The van der Waals surface area contributed by atoms with Gasteiger partial charge in [-0.15, -0.1) is 0 Å². The molecule has 0 saturated heterocycles. The van der Waals surface area contributed by atoms with E-state index in [1.54, 1.807) is 12.1 Å². The lowest BCUT2D eigenvalue weighted by Crippen LogP contribution is -2.05. The second-order valence-electron chi connectivity index (χ2n) is 4.96. The summed E-state index contributed by atoms with van der Waals surface area (Å²) in [6.07, 6.45) is 1.46. The quantitative estimate of drug-likeness (QED) is 0.607. The summed E-state index contributed by atoms with van der Waals surface area (Å²) in [6, 6.07) is 16.8. The van der Waals surface area contributed by atoms with Gasteiger partial charge in [-0.05, 0) is 25.0 Å². The van der Waals surface area contributed by atoms with Crippen molar-refractivity contribution in [3.63, 3.8) is 0 Å². The summed E-state index contributed by atoms with van der Waals surface area (Å²) < 4.78 is 0. The highest BCUT2D eigenvalue weighted by molar-refractivity contribution is 6.14. The minimum Gasteiger partial charge on any atom is -0.507 e. The lowest BCUT2D eigenvalue weighted by molar-refractivity contribution is -0.137. The molecular formula is C18H19NO3. The van der Waals surface area contributed by atoms with Crippen molar-refractivity contribution in [2.24, 2.45) is 4.99 Å². The molecule has 0 aromatic heterocycles. The summed E-state index contributed by atoms with van der Waals surface area (Å²) in [5, 5.41) is 18.7. The molecule has 0 aliphatic rings. The van der Waals surface area contributed by atoms with Crippen molar-refractivity contribution in [2.45, 2.75) is 19.3 Å². The van der Waals surface area contributed by atoms with Crippen LogP contribution in [0.25, 0.3) is 0 Å². The molecular weight excluding hydrogens is 278 g/mol. The zero-order valence-electron chi connectivity index (χ0n) is 12.3. The number of aromatic hydroxyl groups is 1. The van der Waals surface area contributed by atoms with Crippen LogP contribution in [0.15, 0.2) is 59.6 Å². The molecule has 22 heavy (non-hydrogen) atoms. The first kappa shape index (κ1) is 15.8. The third kappa shape index (κ3) is 4.45. The minimum absolute atomic E-state index is 0.160. The Kier molecular flexibility index (Phi) is 5.72. The number of unbranched alkanes of at least 4 members (excludes halogenated alkanes) is 1. The first-order chi connectivity index (χ1) is 10.7. The maximum atomic E-state index is 10.5. The molecule has 2 aromatic carbocycles. The predicted octanol–water partition coefficient (Wildman–Crippen LogP) is 3.48. The Bertz CT molecular complexity index is 650. The number of carboxylic acids is 1. The van der Waals surface area contributed by atoms with Crippen molar-refractivity contribution in [1.82, 2.24) is 0 Å². The lowest BCUT2D eigenvalue weighted by Gasteiger charge is -2.09. The molecule has 0 amide bonds. The molecule has 2 aromatic rings. The van der Waals surface area contributed by atoms with Gasteiger partial charge in [-0.25, -0.2) is 0 Å². The summed E-state index contributed by atoms with van der Waals surface area (Å²) >= 11 is 0. The van der Waals surface area contributed by atoms with Crippen LogP contribution in [0.5, 0.6) is 5.75 Å². The number of rotatable bonds is 7. The van der Waals surface area contributed by atoms with Gasteiger partial charge >= 0.3 is 5.97 Å². The van der Waals surface area contributed by atoms with E-state index in [9.17, 15) is 9.90 Å². The Balaban J connectivity index is 2.20. The van der Waals surface area contributed by atoms with Crippen LogP contribution in [0.1, 0.15) is 30.4 Å². The van der Waals surface area contributed by atoms with Gasteiger partial charge in [0, 0.05) is 24.1 Å². The summed E-state index contributed by atoms with van der Waals surface area (Å²) in [6.45, 7) is 0.534. The number of hydrogen-bond acceptors (Lipinski definition) is 3. The molecule has 2 rings (SSSR count). The normalized spacial score (nSPS) is 11.4. The van der Waals surface area contributed by atoms with E-state index >= 15 is 0 Å². The van der Waals surface area contributed by atoms with Crippen LogP contribution in [0.4, 0.5) is 0 Å². The van der Waals surface area contributed by atoms with E-state index in [0.29, 0.717) is 24.9 Å². The van der Waals surface area contributed by atoms with E-state index < -0.39 is 5.97 Å². The number of carbonyl (C=O) groups is 1. The molecule has 2 N–H and O–H groups in total. The molecule has 0 heterocycles. The zero-order valence-corrected chi connectivity index (χ0v) is 12.3. The van der Waals surface area contributed by atoms with Crippen molar-refractivity contribution in [2.75, 3.05) is 6.54 Å². The molecule has 4 nitrogen and oxygen atoms in total. The van der Waals surface area contributed by atoms with Crippen molar-refractivity contribution < 1.29 is 15.0 Å². The van der Waals surface area contributed by atoms with Gasteiger partial charge < -0.3 is 10.2 Å². The molecule has 0 spiro atoms. The summed E-state index contributed by atoms with van der Waals surface area (Å²) in [4.78, 5) is 15.1. The van der Waals surface area contributed by atoms with Gasteiger partial charge in [0.25, 0.3) is 0 Å². The molecule has 0 unspecified atom stereocenters. The van der Waals surface area contributed by atoms with Crippen LogP contribution in [0.2, 0.25) is 0 Å². The van der Waals surface area contributed by atoms with E-state index in [4.69, 9.17) is 5.11 Å². The van der Waals surface area contributed by atoms with E-state index in [2.05, 4.69) is 4.99 Å². The molecule has 0 bridgehead atoms. The van der Waals surface area contributed by atoms with E-state index in [-0.39, 0.29) is 12.2 Å². The third-order valence-electron chi connectivity index (χ3n) is 3.28. The van der Waals surface area contributed by atoms with Crippen molar-refractivity contribution in [3.8, 4) is 5.75 Å². The monoisotopic (exact) mass is 297 g/mol.